The van der Waals surface area contributed by atoms with E-state index in [0.29, 0.717) is 23.0 Å². The second-order valence-corrected chi connectivity index (χ2v) is 7.61. The number of aromatic nitrogens is 2. The summed E-state index contributed by atoms with van der Waals surface area (Å²) in [5, 5.41) is 3.45. The summed E-state index contributed by atoms with van der Waals surface area (Å²) in [6, 6.07) is 17.0. The van der Waals surface area contributed by atoms with Crippen LogP contribution in [-0.4, -0.2) is 47.5 Å². The van der Waals surface area contributed by atoms with Crippen LogP contribution in [0.3, 0.4) is 0 Å². The van der Waals surface area contributed by atoms with Crippen LogP contribution in [0, 0.1) is 0 Å². The molecule has 0 bridgehead atoms. The van der Waals surface area contributed by atoms with Crippen molar-refractivity contribution in [2.24, 2.45) is 0 Å². The fourth-order valence-electron chi connectivity index (χ4n) is 3.53. The second kappa shape index (κ2) is 9.24. The number of benzene rings is 2. The van der Waals surface area contributed by atoms with E-state index in [2.05, 4.69) is 20.2 Å². The van der Waals surface area contributed by atoms with Crippen molar-refractivity contribution in [2.45, 2.75) is 12.8 Å². The monoisotopic (exact) mass is 422 g/mol. The number of halogens is 1. The van der Waals surface area contributed by atoms with Gasteiger partial charge in [-0.3, -0.25) is 15.0 Å². The number of carbonyl (C=O) groups excluding carboxylic acids is 1. The maximum Gasteiger partial charge on any atom is 0.240 e. The first-order chi connectivity index (χ1) is 14.6. The lowest BCUT2D eigenvalue weighted by atomic mass is 10.1. The quantitative estimate of drug-likeness (QED) is 0.633. The van der Waals surface area contributed by atoms with Gasteiger partial charge in [-0.2, -0.15) is 0 Å². The molecule has 0 atom stereocenters. The zero-order chi connectivity index (χ0) is 20.9. The van der Waals surface area contributed by atoms with E-state index in [1.165, 1.54) is 0 Å². The van der Waals surface area contributed by atoms with Crippen molar-refractivity contribution in [1.82, 2.24) is 14.9 Å². The lowest BCUT2D eigenvalue weighted by molar-refractivity contribution is -0.117. The third-order valence-corrected chi connectivity index (χ3v) is 5.41. The van der Waals surface area contributed by atoms with Gasteiger partial charge in [-0.25, -0.2) is 9.97 Å². The summed E-state index contributed by atoms with van der Waals surface area (Å²) in [6.45, 7) is 2.24. The molecule has 1 fully saturated rings. The molecule has 30 heavy (non-hydrogen) atoms. The molecule has 0 spiro atoms. The Morgan fingerprint density at radius 1 is 1.07 bits per heavy atom. The fraction of sp³-hybridized carbons (Fsp3) is 0.261. The zero-order valence-electron chi connectivity index (χ0n) is 16.8. The molecule has 6 nitrogen and oxygen atoms in total. The van der Waals surface area contributed by atoms with Crippen molar-refractivity contribution in [3.8, 4) is 28.3 Å². The molecule has 3 aromatic rings. The van der Waals surface area contributed by atoms with Crippen LogP contribution in [0.1, 0.15) is 12.8 Å². The number of likely N-dealkylation sites (tertiary alicyclic amines) is 1. The molecule has 7 heteroatoms. The van der Waals surface area contributed by atoms with Crippen molar-refractivity contribution >= 4 is 23.5 Å². The van der Waals surface area contributed by atoms with Gasteiger partial charge in [0.25, 0.3) is 0 Å². The van der Waals surface area contributed by atoms with Gasteiger partial charge in [0.1, 0.15) is 5.75 Å². The van der Waals surface area contributed by atoms with Crippen LogP contribution in [0.25, 0.3) is 22.5 Å². The van der Waals surface area contributed by atoms with Gasteiger partial charge in [0.05, 0.1) is 25.0 Å². The van der Waals surface area contributed by atoms with Crippen LogP contribution in [-0.2, 0) is 4.79 Å². The number of nitrogens with zero attached hydrogens (tertiary/aromatic N) is 3. The Hall–Kier alpha value is -2.96. The van der Waals surface area contributed by atoms with E-state index in [-0.39, 0.29) is 11.9 Å². The molecule has 1 saturated heterocycles. The molecular weight excluding hydrogens is 400 g/mol. The minimum atomic E-state index is -0.117. The molecule has 2 aromatic carbocycles. The smallest absolute Gasteiger partial charge is 0.240 e. The van der Waals surface area contributed by atoms with Crippen LogP contribution in [0.5, 0.6) is 5.75 Å². The van der Waals surface area contributed by atoms with E-state index in [1.807, 2.05) is 54.6 Å². The number of methoxy groups -OCH3 is 1. The Kier molecular flexibility index (Phi) is 6.26. The van der Waals surface area contributed by atoms with E-state index >= 15 is 0 Å². The average Bonchev–Trinajstić information content (AvgIpc) is 3.26. The minimum Gasteiger partial charge on any atom is -0.497 e. The fourth-order valence-corrected chi connectivity index (χ4v) is 3.76. The first-order valence-electron chi connectivity index (χ1n) is 9.93. The van der Waals surface area contributed by atoms with Gasteiger partial charge < -0.3 is 4.74 Å². The highest BCUT2D eigenvalue weighted by Gasteiger charge is 2.17. The molecule has 154 valence electrons. The van der Waals surface area contributed by atoms with Gasteiger partial charge in [-0.1, -0.05) is 29.8 Å². The van der Waals surface area contributed by atoms with Crippen LogP contribution in [0.2, 0.25) is 5.02 Å². The largest absolute Gasteiger partial charge is 0.497 e. The summed E-state index contributed by atoms with van der Waals surface area (Å²) in [7, 11) is 1.63. The summed E-state index contributed by atoms with van der Waals surface area (Å²) >= 11 is 6.40. The van der Waals surface area contributed by atoms with Gasteiger partial charge in [0.15, 0.2) is 0 Å². The number of anilines is 1. The Labute approximate surface area is 180 Å². The second-order valence-electron chi connectivity index (χ2n) is 7.20. The first kappa shape index (κ1) is 20.3. The molecule has 4 rings (SSSR count). The highest BCUT2D eigenvalue weighted by Crippen LogP contribution is 2.30. The third-order valence-electron chi connectivity index (χ3n) is 5.08. The number of rotatable bonds is 6. The van der Waals surface area contributed by atoms with Gasteiger partial charge in [-0.15, -0.1) is 0 Å². The predicted molar refractivity (Wildman–Crippen MR) is 119 cm³/mol. The molecule has 0 saturated carbocycles. The van der Waals surface area contributed by atoms with Crippen molar-refractivity contribution in [1.29, 1.82) is 0 Å². The van der Waals surface area contributed by atoms with Crippen LogP contribution in [0.4, 0.5) is 5.95 Å². The van der Waals surface area contributed by atoms with Crippen molar-refractivity contribution in [2.75, 3.05) is 32.1 Å². The molecule has 1 aliphatic heterocycles. The van der Waals surface area contributed by atoms with Gasteiger partial charge in [-0.05, 0) is 62.3 Å². The van der Waals surface area contributed by atoms with Crippen molar-refractivity contribution in [3.63, 3.8) is 0 Å². The molecule has 1 amide bonds. The van der Waals surface area contributed by atoms with E-state index in [4.69, 9.17) is 16.3 Å². The topological polar surface area (TPSA) is 67.3 Å². The Morgan fingerprint density at radius 3 is 2.47 bits per heavy atom. The first-order valence-corrected chi connectivity index (χ1v) is 10.3. The summed E-state index contributed by atoms with van der Waals surface area (Å²) in [5.74, 6) is 0.912. The lowest BCUT2D eigenvalue weighted by Gasteiger charge is -2.14. The van der Waals surface area contributed by atoms with Gasteiger partial charge in [0, 0.05) is 16.1 Å². The van der Waals surface area contributed by atoms with E-state index in [9.17, 15) is 4.79 Å². The Morgan fingerprint density at radius 2 is 1.77 bits per heavy atom. The molecule has 0 unspecified atom stereocenters. The standard InChI is InChI=1S/C23H23ClN4O2/c1-30-17-10-8-16(9-11-17)20-14-21(18-6-2-3-7-19(18)24)26-23(25-20)27-22(29)15-28-12-4-5-13-28/h2-3,6-11,14H,4-5,12-13,15H2,1H3,(H,25,26,27,29). The van der Waals surface area contributed by atoms with E-state index in [1.54, 1.807) is 7.11 Å². The highest BCUT2D eigenvalue weighted by atomic mass is 35.5. The van der Waals surface area contributed by atoms with Crippen molar-refractivity contribution in [3.05, 3.63) is 59.6 Å². The Balaban J connectivity index is 1.68. The summed E-state index contributed by atoms with van der Waals surface area (Å²) in [4.78, 5) is 23.8. The molecule has 0 radical (unpaired) electrons. The van der Waals surface area contributed by atoms with Crippen LogP contribution in [0.15, 0.2) is 54.6 Å². The third kappa shape index (κ3) is 4.78. The lowest BCUT2D eigenvalue weighted by Crippen LogP contribution is -2.31. The van der Waals surface area contributed by atoms with Crippen LogP contribution < -0.4 is 10.1 Å². The summed E-state index contributed by atoms with van der Waals surface area (Å²) in [5.41, 5.74) is 3.02. The van der Waals surface area contributed by atoms with Gasteiger partial charge >= 0.3 is 0 Å². The minimum absolute atomic E-state index is 0.117. The van der Waals surface area contributed by atoms with Gasteiger partial charge in [0.2, 0.25) is 11.9 Å². The zero-order valence-corrected chi connectivity index (χ0v) is 17.5. The SMILES string of the molecule is COc1ccc(-c2cc(-c3ccccc3Cl)nc(NC(=O)CN3CCCC3)n2)cc1. The molecule has 1 aromatic heterocycles. The summed E-state index contributed by atoms with van der Waals surface area (Å²) in [6.07, 6.45) is 2.26. The maximum atomic E-state index is 12.5. The number of amides is 1. The normalized spacial score (nSPS) is 13.9. The maximum absolute atomic E-state index is 12.5. The number of ether oxygens (including phenoxy) is 1. The number of nitrogens with one attached hydrogen (secondary N) is 1. The summed E-state index contributed by atoms with van der Waals surface area (Å²) < 4.78 is 5.24. The van der Waals surface area contributed by atoms with E-state index < -0.39 is 0 Å². The predicted octanol–water partition coefficient (Wildman–Crippen LogP) is 4.51. The molecule has 1 aliphatic rings. The number of hydrogen-bond acceptors (Lipinski definition) is 5. The van der Waals surface area contributed by atoms with Crippen LogP contribution >= 0.6 is 11.6 Å². The molecule has 1 N–H and O–H groups in total. The van der Waals surface area contributed by atoms with E-state index in [0.717, 1.165) is 42.8 Å². The number of hydrogen-bond donors (Lipinski definition) is 1. The number of carbonyl (C=O) groups is 1. The highest BCUT2D eigenvalue weighted by molar-refractivity contribution is 6.33. The molecule has 2 heterocycles. The average molecular weight is 423 g/mol. The molecule has 0 aliphatic carbocycles. The molecular formula is C23H23ClN4O2. The van der Waals surface area contributed by atoms with Crippen molar-refractivity contribution < 1.29 is 9.53 Å². The Bertz CT molecular complexity index is 1030.